The summed E-state index contributed by atoms with van der Waals surface area (Å²) >= 11 is 5.89. The minimum atomic E-state index is -0.473. The molecule has 0 radical (unpaired) electrons. The smallest absolute Gasteiger partial charge is 0.339 e. The van der Waals surface area contributed by atoms with Crippen molar-refractivity contribution in [1.82, 2.24) is 9.88 Å². The fraction of sp³-hybridized carbons (Fsp3) is 0.400. The quantitative estimate of drug-likeness (QED) is 0.439. The predicted molar refractivity (Wildman–Crippen MR) is 112 cm³/mol. The van der Waals surface area contributed by atoms with E-state index in [4.69, 9.17) is 16.3 Å². The van der Waals surface area contributed by atoms with Crippen molar-refractivity contribution in [3.05, 3.63) is 55.9 Å². The summed E-state index contributed by atoms with van der Waals surface area (Å²) in [4.78, 5) is 42.7. The summed E-state index contributed by atoms with van der Waals surface area (Å²) < 4.78 is 4.85. The maximum atomic E-state index is 13.1. The SMILES string of the molecule is CCc1[nH]c(C(=O)N2CCN(c3ccc(Cl)cc3[N+](=O)[O-])CC2)c(C)c1C(=O)OC. The first kappa shape index (κ1) is 21.6. The number of rotatable bonds is 5. The van der Waals surface area contributed by atoms with Crippen molar-refractivity contribution in [3.8, 4) is 0 Å². The summed E-state index contributed by atoms with van der Waals surface area (Å²) in [6, 6.07) is 4.57. The molecular weight excluding hydrogens is 412 g/mol. The number of hydrogen-bond acceptors (Lipinski definition) is 6. The largest absolute Gasteiger partial charge is 0.465 e. The Morgan fingerprint density at radius 2 is 1.93 bits per heavy atom. The van der Waals surface area contributed by atoms with Gasteiger partial charge < -0.3 is 19.5 Å². The Labute approximate surface area is 178 Å². The van der Waals surface area contributed by atoms with E-state index >= 15 is 0 Å². The van der Waals surface area contributed by atoms with E-state index in [1.807, 2.05) is 11.8 Å². The van der Waals surface area contributed by atoms with Gasteiger partial charge in [-0.05, 0) is 31.0 Å². The highest BCUT2D eigenvalue weighted by Crippen LogP contribution is 2.32. The number of nitrogens with zero attached hydrogens (tertiary/aromatic N) is 3. The van der Waals surface area contributed by atoms with Crippen LogP contribution in [-0.4, -0.2) is 60.0 Å². The van der Waals surface area contributed by atoms with Crippen LogP contribution in [0.1, 0.15) is 39.0 Å². The number of ether oxygens (including phenoxy) is 1. The lowest BCUT2D eigenvalue weighted by Gasteiger charge is -2.35. The number of esters is 1. The number of carbonyl (C=O) groups is 2. The van der Waals surface area contributed by atoms with E-state index in [-0.39, 0.29) is 11.6 Å². The first-order valence-electron chi connectivity index (χ1n) is 9.56. The third-order valence-corrected chi connectivity index (χ3v) is 5.56. The number of amides is 1. The van der Waals surface area contributed by atoms with Crippen LogP contribution in [0.2, 0.25) is 5.02 Å². The van der Waals surface area contributed by atoms with Crippen LogP contribution in [0.3, 0.4) is 0 Å². The Morgan fingerprint density at radius 1 is 1.27 bits per heavy atom. The number of piperazine rings is 1. The maximum absolute atomic E-state index is 13.1. The van der Waals surface area contributed by atoms with Crippen LogP contribution in [0, 0.1) is 17.0 Å². The molecule has 2 heterocycles. The van der Waals surface area contributed by atoms with Gasteiger partial charge in [-0.3, -0.25) is 14.9 Å². The van der Waals surface area contributed by atoms with Gasteiger partial charge >= 0.3 is 5.97 Å². The summed E-state index contributed by atoms with van der Waals surface area (Å²) in [6.45, 7) is 5.29. The highest BCUT2D eigenvalue weighted by atomic mass is 35.5. The number of nitrogens with one attached hydrogen (secondary N) is 1. The first-order chi connectivity index (χ1) is 14.3. The second kappa shape index (κ2) is 8.74. The van der Waals surface area contributed by atoms with Gasteiger partial charge in [0.15, 0.2) is 0 Å². The molecule has 1 saturated heterocycles. The van der Waals surface area contributed by atoms with Crippen molar-refractivity contribution in [3.63, 3.8) is 0 Å². The first-order valence-corrected chi connectivity index (χ1v) is 9.94. The third kappa shape index (κ3) is 3.97. The van der Waals surface area contributed by atoms with Gasteiger partial charge in [0.25, 0.3) is 11.6 Å². The van der Waals surface area contributed by atoms with Crippen LogP contribution < -0.4 is 4.90 Å². The molecule has 1 aliphatic rings. The van der Waals surface area contributed by atoms with Crippen molar-refractivity contribution in [1.29, 1.82) is 0 Å². The van der Waals surface area contributed by atoms with Crippen LogP contribution in [0.4, 0.5) is 11.4 Å². The monoisotopic (exact) mass is 434 g/mol. The molecule has 0 spiro atoms. The molecule has 10 heteroatoms. The fourth-order valence-electron chi connectivity index (χ4n) is 3.73. The number of benzene rings is 1. The summed E-state index contributed by atoms with van der Waals surface area (Å²) in [5.74, 6) is -0.679. The molecule has 9 nitrogen and oxygen atoms in total. The summed E-state index contributed by atoms with van der Waals surface area (Å²) in [5.41, 5.74) is 2.43. The molecule has 1 N–H and O–H groups in total. The average Bonchev–Trinajstić information content (AvgIpc) is 3.09. The van der Waals surface area contributed by atoms with Gasteiger partial charge in [0.05, 0.1) is 17.6 Å². The molecule has 2 aromatic rings. The zero-order valence-corrected chi connectivity index (χ0v) is 17.8. The highest BCUT2D eigenvalue weighted by molar-refractivity contribution is 6.30. The van der Waals surface area contributed by atoms with Crippen molar-refractivity contribution in [2.75, 3.05) is 38.2 Å². The summed E-state index contributed by atoms with van der Waals surface area (Å²) in [5, 5.41) is 11.7. The van der Waals surface area contributed by atoms with E-state index in [1.54, 1.807) is 24.0 Å². The lowest BCUT2D eigenvalue weighted by atomic mass is 10.1. The van der Waals surface area contributed by atoms with Crippen molar-refractivity contribution in [2.45, 2.75) is 20.3 Å². The van der Waals surface area contributed by atoms with Gasteiger partial charge in [-0.15, -0.1) is 0 Å². The van der Waals surface area contributed by atoms with E-state index in [1.165, 1.54) is 13.2 Å². The van der Waals surface area contributed by atoms with Gasteiger partial charge in [0, 0.05) is 43.0 Å². The Bertz CT molecular complexity index is 995. The summed E-state index contributed by atoms with van der Waals surface area (Å²) in [7, 11) is 1.31. The van der Waals surface area contributed by atoms with Gasteiger partial charge in [-0.25, -0.2) is 4.79 Å². The number of anilines is 1. The number of aromatic nitrogens is 1. The Balaban J connectivity index is 1.78. The Morgan fingerprint density at radius 3 is 2.50 bits per heavy atom. The second-order valence-electron chi connectivity index (χ2n) is 6.99. The molecule has 30 heavy (non-hydrogen) atoms. The number of methoxy groups -OCH3 is 1. The zero-order valence-electron chi connectivity index (χ0n) is 17.0. The zero-order chi connectivity index (χ0) is 22.0. The van der Waals surface area contributed by atoms with Crippen LogP contribution >= 0.6 is 11.6 Å². The normalized spacial score (nSPS) is 14.0. The molecular formula is C20H23ClN4O5. The van der Waals surface area contributed by atoms with Gasteiger partial charge in [-0.1, -0.05) is 18.5 Å². The molecule has 0 bridgehead atoms. The number of nitro groups is 1. The highest BCUT2D eigenvalue weighted by Gasteiger charge is 2.30. The molecule has 0 aliphatic carbocycles. The van der Waals surface area contributed by atoms with Gasteiger partial charge in [-0.2, -0.15) is 0 Å². The van der Waals surface area contributed by atoms with Crippen molar-refractivity contribution in [2.24, 2.45) is 0 Å². The fourth-order valence-corrected chi connectivity index (χ4v) is 3.90. The lowest BCUT2D eigenvalue weighted by Crippen LogP contribution is -2.49. The number of aryl methyl sites for hydroxylation is 1. The van der Waals surface area contributed by atoms with Gasteiger partial charge in [0.2, 0.25) is 0 Å². The van der Waals surface area contributed by atoms with E-state index in [0.717, 1.165) is 0 Å². The maximum Gasteiger partial charge on any atom is 0.339 e. The van der Waals surface area contributed by atoms with E-state index in [2.05, 4.69) is 4.98 Å². The molecule has 0 unspecified atom stereocenters. The molecule has 1 fully saturated rings. The molecule has 1 amide bonds. The number of H-pyrrole nitrogens is 1. The second-order valence-corrected chi connectivity index (χ2v) is 7.43. The van der Waals surface area contributed by atoms with Crippen LogP contribution in [0.25, 0.3) is 0 Å². The molecule has 1 aromatic heterocycles. The van der Waals surface area contributed by atoms with E-state index in [9.17, 15) is 19.7 Å². The number of hydrogen-bond donors (Lipinski definition) is 1. The average molecular weight is 435 g/mol. The molecule has 160 valence electrons. The number of aromatic amines is 1. The van der Waals surface area contributed by atoms with E-state index < -0.39 is 10.9 Å². The Hall–Kier alpha value is -3.07. The minimum Gasteiger partial charge on any atom is -0.465 e. The number of halogens is 1. The topological polar surface area (TPSA) is 109 Å². The molecule has 1 aliphatic heterocycles. The van der Waals surface area contributed by atoms with Crippen LogP contribution in [0.15, 0.2) is 18.2 Å². The van der Waals surface area contributed by atoms with Crippen LogP contribution in [-0.2, 0) is 11.2 Å². The van der Waals surface area contributed by atoms with Crippen LogP contribution in [0.5, 0.6) is 0 Å². The standard InChI is InChI=1S/C20H23ClN4O5/c1-4-14-17(20(27)30-3)12(2)18(22-14)19(26)24-9-7-23(8-10-24)15-6-5-13(21)11-16(15)25(28)29/h5-6,11,22H,4,7-10H2,1-3H3. The molecule has 3 rings (SSSR count). The lowest BCUT2D eigenvalue weighted by molar-refractivity contribution is -0.384. The molecule has 0 saturated carbocycles. The van der Waals surface area contributed by atoms with Crippen molar-refractivity contribution < 1.29 is 19.2 Å². The Kier molecular flexibility index (Phi) is 6.31. The van der Waals surface area contributed by atoms with Gasteiger partial charge in [0.1, 0.15) is 11.4 Å². The molecule has 0 atom stereocenters. The number of nitro benzene ring substituents is 1. The number of carbonyl (C=O) groups excluding carboxylic acids is 2. The predicted octanol–water partition coefficient (Wildman–Crippen LogP) is 3.20. The molecule has 1 aromatic carbocycles. The van der Waals surface area contributed by atoms with E-state index in [0.29, 0.717) is 65.8 Å². The minimum absolute atomic E-state index is 0.0576. The summed E-state index contributed by atoms with van der Waals surface area (Å²) in [6.07, 6.45) is 0.562. The van der Waals surface area contributed by atoms with Crippen molar-refractivity contribution >= 4 is 34.9 Å². The third-order valence-electron chi connectivity index (χ3n) is 5.33.